The van der Waals surface area contributed by atoms with Crippen LogP contribution >= 0.6 is 0 Å². The largest absolute Gasteiger partial charge is 0.481 e. The lowest BCUT2D eigenvalue weighted by molar-refractivity contribution is -0.142. The van der Waals surface area contributed by atoms with Gasteiger partial charge in [0.1, 0.15) is 6.61 Å². The summed E-state index contributed by atoms with van der Waals surface area (Å²) in [6.45, 7) is 6.98. The minimum Gasteiger partial charge on any atom is -0.481 e. The Hall–Kier alpha value is -1.32. The zero-order valence-corrected chi connectivity index (χ0v) is 9.49. The molecule has 15 heavy (non-hydrogen) atoms. The van der Waals surface area contributed by atoms with Crippen molar-refractivity contribution in [2.24, 2.45) is 0 Å². The van der Waals surface area contributed by atoms with E-state index in [1.165, 1.54) is 0 Å². The van der Waals surface area contributed by atoms with E-state index in [1.54, 1.807) is 6.08 Å². The van der Waals surface area contributed by atoms with Gasteiger partial charge < -0.3 is 9.84 Å². The Morgan fingerprint density at radius 3 is 2.33 bits per heavy atom. The lowest BCUT2D eigenvalue weighted by atomic mass is 10.2. The van der Waals surface area contributed by atoms with E-state index in [2.05, 4.69) is 13.5 Å². The third kappa shape index (κ3) is 24.5. The maximum absolute atomic E-state index is 10.8. The van der Waals surface area contributed by atoms with Crippen LogP contribution < -0.4 is 0 Å². The van der Waals surface area contributed by atoms with Crippen LogP contribution in [0, 0.1) is 0 Å². The lowest BCUT2D eigenvalue weighted by Gasteiger charge is -1.99. The van der Waals surface area contributed by atoms with Gasteiger partial charge in [-0.25, -0.2) is 0 Å². The van der Waals surface area contributed by atoms with Gasteiger partial charge in [0.25, 0.3) is 5.97 Å². The molecule has 0 aromatic rings. The first kappa shape index (κ1) is 16.1. The monoisotopic (exact) mass is 216 g/mol. The summed E-state index contributed by atoms with van der Waals surface area (Å²) in [5.74, 6) is -0.946. The van der Waals surface area contributed by atoms with Crippen LogP contribution in [0.5, 0.6) is 0 Å². The van der Waals surface area contributed by atoms with Gasteiger partial charge in [0, 0.05) is 13.3 Å². The molecular weight excluding hydrogens is 196 g/mol. The van der Waals surface area contributed by atoms with Gasteiger partial charge in [-0.05, 0) is 6.42 Å². The molecule has 1 N–H and O–H groups in total. The molecule has 0 aliphatic heterocycles. The molecule has 0 atom stereocenters. The van der Waals surface area contributed by atoms with Crippen molar-refractivity contribution in [1.82, 2.24) is 0 Å². The minimum absolute atomic E-state index is 0.113. The molecule has 4 heteroatoms. The van der Waals surface area contributed by atoms with Crippen LogP contribution in [0.3, 0.4) is 0 Å². The van der Waals surface area contributed by atoms with Crippen LogP contribution in [0.15, 0.2) is 12.7 Å². The van der Waals surface area contributed by atoms with Crippen molar-refractivity contribution < 1.29 is 19.4 Å². The minimum atomic E-state index is -0.833. The number of unbranched alkanes of at least 4 members (excludes halogenated alkanes) is 2. The highest BCUT2D eigenvalue weighted by Crippen LogP contribution is 1.99. The third-order valence-electron chi connectivity index (χ3n) is 1.35. The Kier molecular flexibility index (Phi) is 13.6. The van der Waals surface area contributed by atoms with Crippen molar-refractivity contribution in [2.45, 2.75) is 39.5 Å². The molecule has 0 unspecified atom stereocenters. The van der Waals surface area contributed by atoms with E-state index in [-0.39, 0.29) is 5.97 Å². The highest BCUT2D eigenvalue weighted by atomic mass is 16.5. The first-order chi connectivity index (χ1) is 7.04. The average molecular weight is 216 g/mol. The highest BCUT2D eigenvalue weighted by molar-refractivity contribution is 5.69. The zero-order chi connectivity index (χ0) is 12.1. The van der Waals surface area contributed by atoms with Crippen LogP contribution in [-0.2, 0) is 14.3 Å². The van der Waals surface area contributed by atoms with E-state index in [9.17, 15) is 4.79 Å². The number of carbonyl (C=O) groups excluding carboxylic acids is 1. The van der Waals surface area contributed by atoms with Gasteiger partial charge in [0.05, 0.1) is 0 Å². The van der Waals surface area contributed by atoms with E-state index in [0.29, 0.717) is 13.0 Å². The van der Waals surface area contributed by atoms with E-state index in [1.807, 2.05) is 0 Å². The van der Waals surface area contributed by atoms with Crippen LogP contribution in [0.1, 0.15) is 39.5 Å². The van der Waals surface area contributed by atoms with E-state index < -0.39 is 5.97 Å². The number of esters is 1. The van der Waals surface area contributed by atoms with Gasteiger partial charge in [0.15, 0.2) is 0 Å². The fourth-order valence-electron chi connectivity index (χ4n) is 0.743. The SMILES string of the molecule is C=CCOC(=O)CCCCC.CC(=O)O. The van der Waals surface area contributed by atoms with Crippen LogP contribution in [0.2, 0.25) is 0 Å². The second kappa shape index (κ2) is 12.7. The van der Waals surface area contributed by atoms with Gasteiger partial charge in [-0.2, -0.15) is 0 Å². The Morgan fingerprint density at radius 2 is 1.93 bits per heavy atom. The molecule has 0 aromatic heterocycles. The van der Waals surface area contributed by atoms with Crippen LogP contribution in [0.4, 0.5) is 0 Å². The summed E-state index contributed by atoms with van der Waals surface area (Å²) < 4.78 is 4.78. The Morgan fingerprint density at radius 1 is 1.40 bits per heavy atom. The molecule has 0 bridgehead atoms. The third-order valence-corrected chi connectivity index (χ3v) is 1.35. The molecule has 0 aliphatic rings. The molecule has 0 fully saturated rings. The maximum Gasteiger partial charge on any atom is 0.306 e. The van der Waals surface area contributed by atoms with Gasteiger partial charge in [-0.1, -0.05) is 32.4 Å². The number of carboxylic acids is 1. The maximum atomic E-state index is 10.8. The first-order valence-corrected chi connectivity index (χ1v) is 5.00. The first-order valence-electron chi connectivity index (χ1n) is 5.00. The Labute approximate surface area is 90.9 Å². The van der Waals surface area contributed by atoms with E-state index in [0.717, 1.165) is 26.2 Å². The van der Waals surface area contributed by atoms with Gasteiger partial charge in [0.2, 0.25) is 0 Å². The second-order valence-electron chi connectivity index (χ2n) is 2.95. The summed E-state index contributed by atoms with van der Waals surface area (Å²) in [6, 6.07) is 0. The quantitative estimate of drug-likeness (QED) is 0.420. The number of aliphatic carboxylic acids is 1. The van der Waals surface area contributed by atoms with Crippen molar-refractivity contribution in [3.8, 4) is 0 Å². The molecule has 0 rings (SSSR count). The molecular formula is C11H20O4. The molecule has 4 nitrogen and oxygen atoms in total. The topological polar surface area (TPSA) is 63.6 Å². The van der Waals surface area contributed by atoms with Crippen molar-refractivity contribution in [3.05, 3.63) is 12.7 Å². The summed E-state index contributed by atoms with van der Waals surface area (Å²) in [5.41, 5.74) is 0. The second-order valence-corrected chi connectivity index (χ2v) is 2.95. The van der Waals surface area contributed by atoms with Gasteiger partial charge in [-0.3, -0.25) is 9.59 Å². The molecule has 88 valence electrons. The molecule has 0 amide bonds. The average Bonchev–Trinajstić information content (AvgIpc) is 2.14. The van der Waals surface area contributed by atoms with Crippen molar-refractivity contribution in [3.63, 3.8) is 0 Å². The molecule has 0 spiro atoms. The number of carbonyl (C=O) groups is 2. The Balaban J connectivity index is 0. The predicted molar refractivity (Wildman–Crippen MR) is 58.6 cm³/mol. The summed E-state index contributed by atoms with van der Waals surface area (Å²) in [4.78, 5) is 19.8. The molecule has 0 saturated heterocycles. The molecule has 0 heterocycles. The predicted octanol–water partition coefficient (Wildman–Crippen LogP) is 2.39. The summed E-state index contributed by atoms with van der Waals surface area (Å²) in [6.07, 6.45) is 5.30. The molecule has 0 saturated carbocycles. The number of rotatable bonds is 6. The van der Waals surface area contributed by atoms with E-state index in [4.69, 9.17) is 14.6 Å². The fourth-order valence-corrected chi connectivity index (χ4v) is 0.743. The van der Waals surface area contributed by atoms with Gasteiger partial charge >= 0.3 is 5.97 Å². The van der Waals surface area contributed by atoms with E-state index >= 15 is 0 Å². The number of hydrogen-bond acceptors (Lipinski definition) is 3. The van der Waals surface area contributed by atoms with Crippen molar-refractivity contribution in [2.75, 3.05) is 6.61 Å². The normalized spacial score (nSPS) is 8.40. The van der Waals surface area contributed by atoms with Crippen LogP contribution in [-0.4, -0.2) is 23.7 Å². The zero-order valence-electron chi connectivity index (χ0n) is 9.49. The number of hydrogen-bond donors (Lipinski definition) is 1. The smallest absolute Gasteiger partial charge is 0.306 e. The number of ether oxygens (including phenoxy) is 1. The standard InChI is InChI=1S/C9H16O2.C2H4O2/c1-3-5-6-7-9(10)11-8-4-2;1-2(3)4/h4H,2-3,5-8H2,1H3;1H3,(H,3,4). The summed E-state index contributed by atoms with van der Waals surface area (Å²) in [5, 5.41) is 7.42. The molecule has 0 radical (unpaired) electrons. The highest BCUT2D eigenvalue weighted by Gasteiger charge is 1.99. The molecule has 0 aromatic carbocycles. The Bertz CT molecular complexity index is 183. The van der Waals surface area contributed by atoms with Crippen molar-refractivity contribution >= 4 is 11.9 Å². The summed E-state index contributed by atoms with van der Waals surface area (Å²) >= 11 is 0. The number of carboxylic acid groups (broad SMARTS) is 1. The molecule has 0 aliphatic carbocycles. The van der Waals surface area contributed by atoms with Crippen LogP contribution in [0.25, 0.3) is 0 Å². The van der Waals surface area contributed by atoms with Gasteiger partial charge in [-0.15, -0.1) is 0 Å². The fraction of sp³-hybridized carbons (Fsp3) is 0.636. The lowest BCUT2D eigenvalue weighted by Crippen LogP contribution is -2.03. The van der Waals surface area contributed by atoms with Crippen molar-refractivity contribution in [1.29, 1.82) is 0 Å². The summed E-state index contributed by atoms with van der Waals surface area (Å²) in [7, 11) is 0.